The van der Waals surface area contributed by atoms with E-state index in [1.807, 2.05) is 6.07 Å². The molecule has 0 bridgehead atoms. The van der Waals surface area contributed by atoms with Crippen LogP contribution < -0.4 is 21.9 Å². The van der Waals surface area contributed by atoms with Crippen LogP contribution >= 0.6 is 0 Å². The van der Waals surface area contributed by atoms with Crippen molar-refractivity contribution in [2.24, 2.45) is 0 Å². The van der Waals surface area contributed by atoms with Crippen molar-refractivity contribution >= 4 is 23.6 Å². The number of anilines is 2. The van der Waals surface area contributed by atoms with Crippen molar-refractivity contribution in [1.82, 2.24) is 15.3 Å². The first-order chi connectivity index (χ1) is 13.5. The highest BCUT2D eigenvalue weighted by Crippen LogP contribution is 2.34. The summed E-state index contributed by atoms with van der Waals surface area (Å²) < 4.78 is 0. The summed E-state index contributed by atoms with van der Waals surface area (Å²) >= 11 is 0. The molecule has 2 amide bonds. The predicted octanol–water partition coefficient (Wildman–Crippen LogP) is 1.23. The van der Waals surface area contributed by atoms with Crippen LogP contribution in [0.3, 0.4) is 0 Å². The number of rotatable bonds is 3. The summed E-state index contributed by atoms with van der Waals surface area (Å²) in [6.45, 7) is 0. The number of carbonyl (C=O) groups is 2. The van der Waals surface area contributed by atoms with Gasteiger partial charge in [0.2, 0.25) is 11.9 Å². The van der Waals surface area contributed by atoms with E-state index >= 15 is 0 Å². The molecule has 3 aromatic rings. The zero-order chi connectivity index (χ0) is 19.7. The first-order valence-corrected chi connectivity index (χ1v) is 8.66. The number of benzene rings is 2. The quantitative estimate of drug-likeness (QED) is 0.547. The van der Waals surface area contributed by atoms with Gasteiger partial charge in [-0.3, -0.25) is 19.4 Å². The molecular formula is C20H17N5O3. The van der Waals surface area contributed by atoms with Crippen LogP contribution in [-0.4, -0.2) is 27.8 Å². The molecule has 0 radical (unpaired) electrons. The van der Waals surface area contributed by atoms with Gasteiger partial charge in [0, 0.05) is 11.5 Å². The van der Waals surface area contributed by atoms with Gasteiger partial charge >= 0.3 is 0 Å². The van der Waals surface area contributed by atoms with E-state index in [2.05, 4.69) is 20.6 Å². The summed E-state index contributed by atoms with van der Waals surface area (Å²) in [5, 5.41) is 5.34. The van der Waals surface area contributed by atoms with E-state index in [0.29, 0.717) is 11.1 Å². The molecular weight excluding hydrogens is 358 g/mol. The Kier molecular flexibility index (Phi) is 4.36. The molecule has 0 spiro atoms. The second-order valence-electron chi connectivity index (χ2n) is 6.41. The molecule has 0 aliphatic carbocycles. The minimum Gasteiger partial charge on any atom is -0.369 e. The highest BCUT2D eigenvalue weighted by molar-refractivity contribution is 6.03. The van der Waals surface area contributed by atoms with Crippen LogP contribution in [0.25, 0.3) is 0 Å². The van der Waals surface area contributed by atoms with E-state index in [0.717, 1.165) is 0 Å². The van der Waals surface area contributed by atoms with Gasteiger partial charge < -0.3 is 16.4 Å². The Morgan fingerprint density at radius 2 is 1.64 bits per heavy atom. The van der Waals surface area contributed by atoms with Gasteiger partial charge in [0.05, 0.1) is 5.56 Å². The molecule has 5 N–H and O–H groups in total. The van der Waals surface area contributed by atoms with Crippen LogP contribution in [0.2, 0.25) is 0 Å². The first kappa shape index (κ1) is 17.5. The number of carbonyl (C=O) groups excluding carboxylic acids is 2. The van der Waals surface area contributed by atoms with Gasteiger partial charge in [-0.15, -0.1) is 0 Å². The van der Waals surface area contributed by atoms with Crippen molar-refractivity contribution in [3.8, 4) is 0 Å². The van der Waals surface area contributed by atoms with E-state index < -0.39 is 29.3 Å². The summed E-state index contributed by atoms with van der Waals surface area (Å²) in [7, 11) is 0. The molecule has 140 valence electrons. The van der Waals surface area contributed by atoms with Crippen molar-refractivity contribution < 1.29 is 9.59 Å². The molecule has 2 heterocycles. The number of aromatic nitrogens is 2. The number of nitrogens with one attached hydrogen (secondary N) is 3. The van der Waals surface area contributed by atoms with Gasteiger partial charge in [-0.05, 0) is 17.7 Å². The van der Waals surface area contributed by atoms with Crippen LogP contribution in [0.15, 0.2) is 65.5 Å². The standard InChI is InChI=1S/C20H17N5O3/c21-20-24-16-14(18(27)25-20)13(11-7-3-1-4-8-11)15(19(28)23-16)22-17(26)12-9-5-2-6-10-12/h1-10,13,15H,(H,22,26)(H4,21,23,24,25,27,28). The average molecular weight is 375 g/mol. The summed E-state index contributed by atoms with van der Waals surface area (Å²) in [5.41, 5.74) is 6.52. The van der Waals surface area contributed by atoms with Gasteiger partial charge in [-0.2, -0.15) is 4.98 Å². The van der Waals surface area contributed by atoms with Crippen LogP contribution in [0, 0.1) is 0 Å². The highest BCUT2D eigenvalue weighted by Gasteiger charge is 2.40. The normalized spacial score (nSPS) is 18.1. The lowest BCUT2D eigenvalue weighted by atomic mass is 9.82. The van der Waals surface area contributed by atoms with Gasteiger partial charge in [0.25, 0.3) is 11.5 Å². The first-order valence-electron chi connectivity index (χ1n) is 8.66. The van der Waals surface area contributed by atoms with E-state index in [1.54, 1.807) is 54.6 Å². The predicted molar refractivity (Wildman–Crippen MR) is 104 cm³/mol. The van der Waals surface area contributed by atoms with Crippen LogP contribution in [0.5, 0.6) is 0 Å². The minimum absolute atomic E-state index is 0.0948. The van der Waals surface area contributed by atoms with E-state index in [4.69, 9.17) is 5.73 Å². The zero-order valence-electron chi connectivity index (χ0n) is 14.7. The molecule has 28 heavy (non-hydrogen) atoms. The molecule has 0 saturated carbocycles. The molecule has 1 aromatic heterocycles. The monoisotopic (exact) mass is 375 g/mol. The van der Waals surface area contributed by atoms with E-state index in [9.17, 15) is 14.4 Å². The van der Waals surface area contributed by atoms with Crippen molar-refractivity contribution in [3.05, 3.63) is 87.7 Å². The van der Waals surface area contributed by atoms with Gasteiger partial charge in [-0.1, -0.05) is 48.5 Å². The van der Waals surface area contributed by atoms with E-state index in [1.165, 1.54) is 0 Å². The summed E-state index contributed by atoms with van der Waals surface area (Å²) in [5.74, 6) is -1.59. The SMILES string of the molecule is Nc1nc2c(c(=O)[nH]1)C(c1ccccc1)C(NC(=O)c1ccccc1)C(=O)N2. The Labute approximate surface area is 159 Å². The van der Waals surface area contributed by atoms with Crippen molar-refractivity contribution in [2.45, 2.75) is 12.0 Å². The number of nitrogens with two attached hydrogens (primary N) is 1. The van der Waals surface area contributed by atoms with Crippen molar-refractivity contribution in [2.75, 3.05) is 11.1 Å². The maximum absolute atomic E-state index is 12.8. The number of fused-ring (bicyclic) bond motifs is 1. The molecule has 2 aromatic carbocycles. The molecule has 8 nitrogen and oxygen atoms in total. The van der Waals surface area contributed by atoms with Crippen LogP contribution in [-0.2, 0) is 4.79 Å². The Morgan fingerprint density at radius 1 is 1.00 bits per heavy atom. The largest absolute Gasteiger partial charge is 0.369 e. The maximum Gasteiger partial charge on any atom is 0.258 e. The second kappa shape index (κ2) is 6.99. The van der Waals surface area contributed by atoms with Crippen LogP contribution in [0.4, 0.5) is 11.8 Å². The Bertz CT molecular complexity index is 1100. The average Bonchev–Trinajstić information content (AvgIpc) is 2.70. The lowest BCUT2D eigenvalue weighted by molar-refractivity contribution is -0.118. The Hall–Kier alpha value is -3.94. The molecule has 4 rings (SSSR count). The van der Waals surface area contributed by atoms with Gasteiger partial charge in [-0.25, -0.2) is 0 Å². The topological polar surface area (TPSA) is 130 Å². The fourth-order valence-electron chi connectivity index (χ4n) is 3.38. The second-order valence-corrected chi connectivity index (χ2v) is 6.41. The number of nitrogen functional groups attached to an aromatic ring is 1. The third-order valence-electron chi connectivity index (χ3n) is 4.62. The highest BCUT2D eigenvalue weighted by atomic mass is 16.2. The fraction of sp³-hybridized carbons (Fsp3) is 0.100. The number of amides is 2. The third-order valence-corrected chi connectivity index (χ3v) is 4.62. The number of nitrogens with zero attached hydrogens (tertiary/aromatic N) is 1. The molecule has 1 aliphatic rings. The van der Waals surface area contributed by atoms with Crippen LogP contribution in [0.1, 0.15) is 27.4 Å². The van der Waals surface area contributed by atoms with Gasteiger partial charge in [0.15, 0.2) is 0 Å². The summed E-state index contributed by atoms with van der Waals surface area (Å²) in [6.07, 6.45) is 0. The number of hydrogen-bond donors (Lipinski definition) is 4. The molecule has 8 heteroatoms. The number of H-pyrrole nitrogens is 1. The summed E-state index contributed by atoms with van der Waals surface area (Å²) in [6, 6.07) is 16.6. The van der Waals surface area contributed by atoms with Crippen molar-refractivity contribution in [3.63, 3.8) is 0 Å². The van der Waals surface area contributed by atoms with Crippen molar-refractivity contribution in [1.29, 1.82) is 0 Å². The lowest BCUT2D eigenvalue weighted by Crippen LogP contribution is -2.52. The molecule has 2 atom stereocenters. The molecule has 0 saturated heterocycles. The third kappa shape index (κ3) is 3.11. The van der Waals surface area contributed by atoms with Gasteiger partial charge in [0.1, 0.15) is 11.9 Å². The van der Waals surface area contributed by atoms with E-state index in [-0.39, 0.29) is 17.3 Å². The summed E-state index contributed by atoms with van der Waals surface area (Å²) in [4.78, 5) is 44.6. The molecule has 1 aliphatic heterocycles. The Balaban J connectivity index is 1.81. The molecule has 0 fully saturated rings. The Morgan fingerprint density at radius 3 is 2.32 bits per heavy atom. The smallest absolute Gasteiger partial charge is 0.258 e. The number of aromatic amines is 1. The zero-order valence-corrected chi connectivity index (χ0v) is 14.7. The fourth-order valence-corrected chi connectivity index (χ4v) is 3.38. The maximum atomic E-state index is 12.8. The lowest BCUT2D eigenvalue weighted by Gasteiger charge is -2.32. The minimum atomic E-state index is -0.992. The number of hydrogen-bond acceptors (Lipinski definition) is 5. The molecule has 2 unspecified atom stereocenters.